The highest BCUT2D eigenvalue weighted by Gasteiger charge is 2.49. The lowest BCUT2D eigenvalue weighted by molar-refractivity contribution is 0.00441. The molecule has 1 amide bonds. The van der Waals surface area contributed by atoms with Crippen molar-refractivity contribution in [1.29, 1.82) is 0 Å². The van der Waals surface area contributed by atoms with Gasteiger partial charge in [0.15, 0.2) is 0 Å². The van der Waals surface area contributed by atoms with Crippen molar-refractivity contribution >= 4 is 6.09 Å². The van der Waals surface area contributed by atoms with Gasteiger partial charge in [-0.25, -0.2) is 13.6 Å². The molecule has 1 unspecified atom stereocenters. The van der Waals surface area contributed by atoms with Gasteiger partial charge in [0, 0.05) is 12.8 Å². The minimum Gasteiger partial charge on any atom is -0.465 e. The van der Waals surface area contributed by atoms with Crippen LogP contribution in [0, 0.1) is 12.3 Å². The molecule has 0 aliphatic heterocycles. The molecule has 0 spiro atoms. The quantitative estimate of drug-likeness (QED) is 0.613. The predicted molar refractivity (Wildman–Crippen MR) is 41.5 cm³/mol. The molecule has 1 rings (SSSR count). The number of rotatable bonds is 1. The van der Waals surface area contributed by atoms with Crippen LogP contribution in [0.2, 0.25) is 0 Å². The first-order valence-corrected chi connectivity index (χ1v) is 3.76. The molecular formula is C8H9F2NO2. The van der Waals surface area contributed by atoms with E-state index < -0.39 is 24.0 Å². The van der Waals surface area contributed by atoms with Gasteiger partial charge in [-0.1, -0.05) is 5.92 Å². The number of hydrogen-bond acceptors (Lipinski definition) is 1. The molecule has 0 radical (unpaired) electrons. The normalized spacial score (nSPS) is 30.8. The Balaban J connectivity index is 2.76. The van der Waals surface area contributed by atoms with Gasteiger partial charge in [-0.15, -0.1) is 6.42 Å². The fraction of sp³-hybridized carbons (Fsp3) is 0.625. The van der Waals surface area contributed by atoms with Crippen LogP contribution < -0.4 is 5.32 Å². The first kappa shape index (κ1) is 9.78. The summed E-state index contributed by atoms with van der Waals surface area (Å²) >= 11 is 0. The Kier molecular flexibility index (Phi) is 2.16. The Morgan fingerprint density at radius 1 is 1.54 bits per heavy atom. The molecule has 0 aromatic rings. The summed E-state index contributed by atoms with van der Waals surface area (Å²) in [5.41, 5.74) is -1.38. The minimum absolute atomic E-state index is 0.0111. The van der Waals surface area contributed by atoms with Crippen molar-refractivity contribution in [3.05, 3.63) is 0 Å². The van der Waals surface area contributed by atoms with Gasteiger partial charge in [-0.05, 0) is 6.42 Å². The van der Waals surface area contributed by atoms with E-state index in [1.54, 1.807) is 0 Å². The molecule has 0 saturated heterocycles. The molecule has 3 nitrogen and oxygen atoms in total. The molecule has 1 aliphatic rings. The number of nitrogens with one attached hydrogen (secondary N) is 1. The van der Waals surface area contributed by atoms with Crippen molar-refractivity contribution < 1.29 is 18.7 Å². The highest BCUT2D eigenvalue weighted by molar-refractivity contribution is 5.66. The van der Waals surface area contributed by atoms with Crippen LogP contribution >= 0.6 is 0 Å². The Morgan fingerprint density at radius 2 is 2.15 bits per heavy atom. The molecule has 0 aromatic heterocycles. The maximum atomic E-state index is 12.7. The second-order valence-corrected chi connectivity index (χ2v) is 3.19. The lowest BCUT2D eigenvalue weighted by Crippen LogP contribution is -2.45. The molecule has 0 aromatic carbocycles. The number of hydrogen-bond donors (Lipinski definition) is 2. The molecule has 1 fully saturated rings. The van der Waals surface area contributed by atoms with Crippen LogP contribution in [0.4, 0.5) is 13.6 Å². The summed E-state index contributed by atoms with van der Waals surface area (Å²) in [6.45, 7) is 0. The number of terminal acetylenes is 1. The van der Waals surface area contributed by atoms with E-state index >= 15 is 0 Å². The van der Waals surface area contributed by atoms with Crippen LogP contribution in [0.5, 0.6) is 0 Å². The maximum Gasteiger partial charge on any atom is 0.405 e. The lowest BCUT2D eigenvalue weighted by Gasteiger charge is -2.22. The summed E-state index contributed by atoms with van der Waals surface area (Å²) in [6, 6.07) is 0. The van der Waals surface area contributed by atoms with Crippen LogP contribution in [0.25, 0.3) is 0 Å². The van der Waals surface area contributed by atoms with Gasteiger partial charge < -0.3 is 10.4 Å². The van der Waals surface area contributed by atoms with Crippen LogP contribution in [-0.4, -0.2) is 22.7 Å². The van der Waals surface area contributed by atoms with Crippen molar-refractivity contribution in [3.8, 4) is 12.3 Å². The standard InChI is InChI=1S/C8H9F2NO2/c1-2-7(11-6(12)13)3-4-8(9,10)5-7/h1,11H,3-5H2,(H,12,13). The van der Waals surface area contributed by atoms with Gasteiger partial charge in [-0.3, -0.25) is 0 Å². The fourth-order valence-electron chi connectivity index (χ4n) is 1.49. The summed E-state index contributed by atoms with van der Waals surface area (Å²) < 4.78 is 25.5. The predicted octanol–water partition coefficient (Wildman–Crippen LogP) is 1.45. The average molecular weight is 189 g/mol. The van der Waals surface area contributed by atoms with Gasteiger partial charge in [-0.2, -0.15) is 0 Å². The van der Waals surface area contributed by atoms with Crippen molar-refractivity contribution in [3.63, 3.8) is 0 Å². The van der Waals surface area contributed by atoms with E-state index in [-0.39, 0.29) is 12.8 Å². The molecular weight excluding hydrogens is 180 g/mol. The molecule has 13 heavy (non-hydrogen) atoms. The molecule has 0 heterocycles. The summed E-state index contributed by atoms with van der Waals surface area (Å²) in [6.07, 6.45) is 2.68. The molecule has 1 aliphatic carbocycles. The minimum atomic E-state index is -2.85. The van der Waals surface area contributed by atoms with E-state index in [9.17, 15) is 13.6 Å². The molecule has 1 saturated carbocycles. The number of alkyl halides is 2. The van der Waals surface area contributed by atoms with E-state index in [4.69, 9.17) is 11.5 Å². The number of halogens is 2. The molecule has 1 atom stereocenters. The van der Waals surface area contributed by atoms with Crippen molar-refractivity contribution in [2.24, 2.45) is 0 Å². The Hall–Kier alpha value is -1.31. The van der Waals surface area contributed by atoms with Crippen LogP contribution in [0.1, 0.15) is 19.3 Å². The largest absolute Gasteiger partial charge is 0.465 e. The van der Waals surface area contributed by atoms with E-state index in [0.717, 1.165) is 0 Å². The van der Waals surface area contributed by atoms with Gasteiger partial charge >= 0.3 is 6.09 Å². The van der Waals surface area contributed by atoms with Gasteiger partial charge in [0.1, 0.15) is 5.54 Å². The third-order valence-corrected chi connectivity index (χ3v) is 2.10. The molecule has 5 heteroatoms. The second-order valence-electron chi connectivity index (χ2n) is 3.19. The lowest BCUT2D eigenvalue weighted by atomic mass is 9.99. The van der Waals surface area contributed by atoms with E-state index in [1.165, 1.54) is 0 Å². The highest BCUT2D eigenvalue weighted by atomic mass is 19.3. The topological polar surface area (TPSA) is 49.3 Å². The highest BCUT2D eigenvalue weighted by Crippen LogP contribution is 2.41. The van der Waals surface area contributed by atoms with Gasteiger partial charge in [0.05, 0.1) is 0 Å². The zero-order valence-electron chi connectivity index (χ0n) is 6.81. The van der Waals surface area contributed by atoms with Gasteiger partial charge in [0.2, 0.25) is 0 Å². The SMILES string of the molecule is C#CC1(NC(=O)O)CCC(F)(F)C1. The monoisotopic (exact) mass is 189 g/mol. The molecule has 72 valence electrons. The van der Waals surface area contributed by atoms with E-state index in [0.29, 0.717) is 0 Å². The van der Waals surface area contributed by atoms with E-state index in [2.05, 4.69) is 5.92 Å². The Morgan fingerprint density at radius 3 is 2.46 bits per heavy atom. The van der Waals surface area contributed by atoms with Crippen molar-refractivity contribution in [2.75, 3.05) is 0 Å². The van der Waals surface area contributed by atoms with Crippen LogP contribution in [0.3, 0.4) is 0 Å². The Bertz CT molecular complexity index is 272. The molecule has 2 N–H and O–H groups in total. The zero-order valence-corrected chi connectivity index (χ0v) is 6.81. The number of carboxylic acid groups (broad SMARTS) is 1. The summed E-state index contributed by atoms with van der Waals surface area (Å²) in [5.74, 6) is -0.760. The zero-order chi connectivity index (χ0) is 10.1. The summed E-state index contributed by atoms with van der Waals surface area (Å²) in [7, 11) is 0. The molecule has 0 bridgehead atoms. The van der Waals surface area contributed by atoms with E-state index in [1.807, 2.05) is 5.32 Å². The van der Waals surface area contributed by atoms with Crippen LogP contribution in [-0.2, 0) is 0 Å². The number of carbonyl (C=O) groups is 1. The first-order valence-electron chi connectivity index (χ1n) is 3.76. The maximum absolute atomic E-state index is 12.7. The smallest absolute Gasteiger partial charge is 0.405 e. The Labute approximate surface area is 74.1 Å². The average Bonchev–Trinajstić information content (AvgIpc) is 2.26. The van der Waals surface area contributed by atoms with Crippen molar-refractivity contribution in [2.45, 2.75) is 30.7 Å². The van der Waals surface area contributed by atoms with Crippen molar-refractivity contribution in [1.82, 2.24) is 5.32 Å². The third-order valence-electron chi connectivity index (χ3n) is 2.10. The second kappa shape index (κ2) is 2.87. The fourth-order valence-corrected chi connectivity index (χ4v) is 1.49. The number of amides is 1. The summed E-state index contributed by atoms with van der Waals surface area (Å²) in [5, 5.41) is 10.3. The summed E-state index contributed by atoms with van der Waals surface area (Å²) in [4.78, 5) is 10.3. The van der Waals surface area contributed by atoms with Crippen LogP contribution in [0.15, 0.2) is 0 Å². The third kappa shape index (κ3) is 2.08. The van der Waals surface area contributed by atoms with Gasteiger partial charge in [0.25, 0.3) is 5.92 Å². The first-order chi connectivity index (χ1) is 5.89.